The second kappa shape index (κ2) is 5.80. The number of rotatable bonds is 3. The molecule has 1 N–H and O–H groups in total. The molecule has 2 rings (SSSR count). The van der Waals surface area contributed by atoms with Gasteiger partial charge in [0.05, 0.1) is 16.4 Å². The van der Waals surface area contributed by atoms with Gasteiger partial charge in [-0.15, -0.1) is 0 Å². The second-order valence-electron chi connectivity index (χ2n) is 3.94. The molecule has 0 radical (unpaired) electrons. The highest BCUT2D eigenvalue weighted by Gasteiger charge is 2.01. The van der Waals surface area contributed by atoms with Gasteiger partial charge < -0.3 is 0 Å². The molecule has 2 aromatic rings. The normalized spacial score (nSPS) is 11.5. The van der Waals surface area contributed by atoms with Crippen molar-refractivity contribution in [1.29, 1.82) is 0 Å². The van der Waals surface area contributed by atoms with E-state index in [0.29, 0.717) is 11.4 Å². The highest BCUT2D eigenvalue weighted by Crippen LogP contribution is 2.18. The number of anilines is 1. The largest absolute Gasteiger partial charge is 0.278 e. The van der Waals surface area contributed by atoms with Crippen molar-refractivity contribution in [2.45, 2.75) is 6.92 Å². The first kappa shape index (κ1) is 13.5. The van der Waals surface area contributed by atoms with Crippen molar-refractivity contribution in [2.75, 3.05) is 5.43 Å². The van der Waals surface area contributed by atoms with E-state index in [-0.39, 0.29) is 10.8 Å². The number of hydrogen-bond acceptors (Lipinski definition) is 2. The Morgan fingerprint density at radius 3 is 2.42 bits per heavy atom. The van der Waals surface area contributed by atoms with E-state index in [9.17, 15) is 8.78 Å². The Balaban J connectivity index is 2.13. The van der Waals surface area contributed by atoms with Crippen molar-refractivity contribution in [3.8, 4) is 0 Å². The monoisotopic (exact) mass is 280 g/mol. The van der Waals surface area contributed by atoms with E-state index in [0.717, 1.165) is 5.56 Å². The molecular formula is C14H11ClF2N2. The molecule has 0 atom stereocenters. The maximum Gasteiger partial charge on any atom is 0.143 e. The SMILES string of the molecule is CC(=NNc1ccc(Cl)c(F)c1)c1ccc(F)cc1. The molecule has 0 saturated heterocycles. The van der Waals surface area contributed by atoms with Crippen LogP contribution in [-0.2, 0) is 0 Å². The first-order valence-corrected chi connectivity index (χ1v) is 5.95. The van der Waals surface area contributed by atoms with Gasteiger partial charge in [-0.1, -0.05) is 23.7 Å². The molecule has 19 heavy (non-hydrogen) atoms. The molecule has 2 nitrogen and oxygen atoms in total. The van der Waals surface area contributed by atoms with Crippen molar-refractivity contribution in [1.82, 2.24) is 0 Å². The van der Waals surface area contributed by atoms with Crippen LogP contribution in [0.1, 0.15) is 12.5 Å². The number of hydrazone groups is 1. The minimum absolute atomic E-state index is 0.0600. The molecule has 2 aromatic carbocycles. The summed E-state index contributed by atoms with van der Waals surface area (Å²) in [5, 5.41) is 4.16. The fourth-order valence-electron chi connectivity index (χ4n) is 1.47. The third-order valence-electron chi connectivity index (χ3n) is 2.53. The smallest absolute Gasteiger partial charge is 0.143 e. The number of hydrogen-bond donors (Lipinski definition) is 1. The van der Waals surface area contributed by atoms with Crippen molar-refractivity contribution >= 4 is 23.0 Å². The van der Waals surface area contributed by atoms with Crippen molar-refractivity contribution in [3.63, 3.8) is 0 Å². The molecule has 0 fully saturated rings. The number of halogens is 3. The number of nitrogens with zero attached hydrogens (tertiary/aromatic N) is 1. The maximum atomic E-state index is 13.2. The molecule has 5 heteroatoms. The summed E-state index contributed by atoms with van der Waals surface area (Å²) in [5.41, 5.74) is 4.65. The number of benzene rings is 2. The minimum Gasteiger partial charge on any atom is -0.278 e. The second-order valence-corrected chi connectivity index (χ2v) is 4.35. The third-order valence-corrected chi connectivity index (χ3v) is 2.84. The van der Waals surface area contributed by atoms with Gasteiger partial charge in [0.25, 0.3) is 0 Å². The Kier molecular flexibility index (Phi) is 4.12. The average molecular weight is 281 g/mol. The fraction of sp³-hybridized carbons (Fsp3) is 0.0714. The van der Waals surface area contributed by atoms with Gasteiger partial charge in [0, 0.05) is 6.07 Å². The van der Waals surface area contributed by atoms with Crippen LogP contribution in [-0.4, -0.2) is 5.71 Å². The van der Waals surface area contributed by atoms with Crippen molar-refractivity contribution < 1.29 is 8.78 Å². The lowest BCUT2D eigenvalue weighted by Gasteiger charge is -2.04. The quantitative estimate of drug-likeness (QED) is 0.652. The lowest BCUT2D eigenvalue weighted by Crippen LogP contribution is -2.00. The van der Waals surface area contributed by atoms with E-state index in [2.05, 4.69) is 10.5 Å². The molecule has 0 aliphatic heterocycles. The van der Waals surface area contributed by atoms with Crippen LogP contribution >= 0.6 is 11.6 Å². The summed E-state index contributed by atoms with van der Waals surface area (Å²) in [6.45, 7) is 1.77. The zero-order valence-corrected chi connectivity index (χ0v) is 10.9. The zero-order chi connectivity index (χ0) is 13.8. The van der Waals surface area contributed by atoms with E-state index < -0.39 is 5.82 Å². The minimum atomic E-state index is -0.513. The lowest BCUT2D eigenvalue weighted by atomic mass is 10.1. The summed E-state index contributed by atoms with van der Waals surface area (Å²) in [6.07, 6.45) is 0. The van der Waals surface area contributed by atoms with Gasteiger partial charge in [0.1, 0.15) is 11.6 Å². The van der Waals surface area contributed by atoms with E-state index in [1.54, 1.807) is 25.1 Å². The molecule has 0 aliphatic carbocycles. The molecule has 0 amide bonds. The Labute approximate surface area is 114 Å². The standard InChI is InChI=1S/C14H11ClF2N2/c1-9(10-2-4-11(16)5-3-10)18-19-12-6-7-13(15)14(17)8-12/h2-8,19H,1H3. The Morgan fingerprint density at radius 2 is 1.79 bits per heavy atom. The molecule has 0 aromatic heterocycles. The number of nitrogens with one attached hydrogen (secondary N) is 1. The van der Waals surface area contributed by atoms with E-state index in [1.165, 1.54) is 24.3 Å². The van der Waals surface area contributed by atoms with Gasteiger partial charge in [-0.25, -0.2) is 8.78 Å². The first-order valence-electron chi connectivity index (χ1n) is 5.57. The summed E-state index contributed by atoms with van der Waals surface area (Å²) in [4.78, 5) is 0. The predicted octanol–water partition coefficient (Wildman–Crippen LogP) is 4.45. The van der Waals surface area contributed by atoms with Gasteiger partial charge in [0.15, 0.2) is 0 Å². The highest BCUT2D eigenvalue weighted by molar-refractivity contribution is 6.30. The molecule has 0 saturated carbocycles. The van der Waals surface area contributed by atoms with Crippen LogP contribution in [0.2, 0.25) is 5.02 Å². The van der Waals surface area contributed by atoms with Crippen LogP contribution in [0.15, 0.2) is 47.6 Å². The summed E-state index contributed by atoms with van der Waals surface area (Å²) in [6, 6.07) is 10.3. The van der Waals surface area contributed by atoms with Crippen LogP contribution in [0.5, 0.6) is 0 Å². The Bertz CT molecular complexity index is 609. The third kappa shape index (κ3) is 3.51. The van der Waals surface area contributed by atoms with Gasteiger partial charge >= 0.3 is 0 Å². The Hall–Kier alpha value is -1.94. The highest BCUT2D eigenvalue weighted by atomic mass is 35.5. The molecule has 0 heterocycles. The van der Waals surface area contributed by atoms with Gasteiger partial charge in [-0.3, -0.25) is 5.43 Å². The average Bonchev–Trinajstić information content (AvgIpc) is 2.40. The first-order chi connectivity index (χ1) is 9.06. The topological polar surface area (TPSA) is 24.4 Å². The summed E-state index contributed by atoms with van der Waals surface area (Å²) >= 11 is 5.58. The van der Waals surface area contributed by atoms with Crippen molar-refractivity contribution in [3.05, 3.63) is 64.7 Å². The van der Waals surface area contributed by atoms with Gasteiger partial charge in [0.2, 0.25) is 0 Å². The van der Waals surface area contributed by atoms with E-state index in [1.807, 2.05) is 0 Å². The van der Waals surface area contributed by atoms with Gasteiger partial charge in [-0.2, -0.15) is 5.10 Å². The molecule has 0 bridgehead atoms. The zero-order valence-electron chi connectivity index (χ0n) is 10.1. The van der Waals surface area contributed by atoms with E-state index >= 15 is 0 Å². The summed E-state index contributed by atoms with van der Waals surface area (Å²) in [5.74, 6) is -0.814. The Morgan fingerprint density at radius 1 is 1.11 bits per heavy atom. The van der Waals surface area contributed by atoms with Crippen LogP contribution in [0.25, 0.3) is 0 Å². The molecule has 0 unspecified atom stereocenters. The van der Waals surface area contributed by atoms with Gasteiger partial charge in [-0.05, 0) is 36.8 Å². The molecular weight excluding hydrogens is 270 g/mol. The van der Waals surface area contributed by atoms with Crippen LogP contribution in [0.3, 0.4) is 0 Å². The molecule has 98 valence electrons. The van der Waals surface area contributed by atoms with Crippen molar-refractivity contribution in [2.24, 2.45) is 5.10 Å². The van der Waals surface area contributed by atoms with E-state index in [4.69, 9.17) is 11.6 Å². The molecule has 0 aliphatic rings. The lowest BCUT2D eigenvalue weighted by molar-refractivity contribution is 0.627. The predicted molar refractivity (Wildman–Crippen MR) is 73.6 cm³/mol. The fourth-order valence-corrected chi connectivity index (χ4v) is 1.59. The summed E-state index contributed by atoms with van der Waals surface area (Å²) < 4.78 is 26.0. The molecule has 0 spiro atoms. The van der Waals surface area contributed by atoms with Crippen LogP contribution < -0.4 is 5.43 Å². The van der Waals surface area contributed by atoms with Crippen LogP contribution in [0, 0.1) is 11.6 Å². The summed E-state index contributed by atoms with van der Waals surface area (Å²) in [7, 11) is 0. The van der Waals surface area contributed by atoms with Crippen LogP contribution in [0.4, 0.5) is 14.5 Å². The maximum absolute atomic E-state index is 13.2.